The lowest BCUT2D eigenvalue weighted by Crippen LogP contribution is -2.54. The summed E-state index contributed by atoms with van der Waals surface area (Å²) in [6.45, 7) is 25.2. The number of ether oxygens (including phenoxy) is 3. The molecule has 2 rings (SSSR count). The molecule has 0 bridgehead atoms. The molecule has 0 aliphatic carbocycles. The summed E-state index contributed by atoms with van der Waals surface area (Å²) in [7, 11) is 0. The van der Waals surface area contributed by atoms with E-state index in [0.29, 0.717) is 70.8 Å². The third-order valence-corrected chi connectivity index (χ3v) is 9.10. The van der Waals surface area contributed by atoms with Gasteiger partial charge in [-0.2, -0.15) is 0 Å². The lowest BCUT2D eigenvalue weighted by Gasteiger charge is -2.33. The fraction of sp³-hybridized carbons (Fsp3) is 0.805. The highest BCUT2D eigenvalue weighted by atomic mass is 16.6. The van der Waals surface area contributed by atoms with Crippen molar-refractivity contribution in [3.8, 4) is 0 Å². The van der Waals surface area contributed by atoms with Crippen LogP contribution in [0.25, 0.3) is 0 Å². The van der Waals surface area contributed by atoms with Crippen LogP contribution in [0.15, 0.2) is 6.20 Å². The van der Waals surface area contributed by atoms with E-state index >= 15 is 0 Å². The maximum absolute atomic E-state index is 13.5. The van der Waals surface area contributed by atoms with Crippen molar-refractivity contribution in [3.05, 3.63) is 11.9 Å². The van der Waals surface area contributed by atoms with Crippen LogP contribution in [0.2, 0.25) is 0 Å². The van der Waals surface area contributed by atoms with Crippen molar-refractivity contribution < 1.29 is 53.3 Å². The molecule has 21 nitrogen and oxygen atoms in total. The van der Waals surface area contributed by atoms with Crippen LogP contribution in [0, 0.1) is 5.41 Å². The Morgan fingerprint density at radius 3 is 1.61 bits per heavy atom. The number of aryl methyl sites for hydroxylation is 1. The van der Waals surface area contributed by atoms with E-state index in [4.69, 9.17) is 19.4 Å². The van der Waals surface area contributed by atoms with Crippen LogP contribution in [0.1, 0.15) is 114 Å². The number of rotatable bonds is 11. The molecular weight excluding hydrogens is 809 g/mol. The molecule has 6 amide bonds. The zero-order valence-electron chi connectivity index (χ0n) is 39.0. The van der Waals surface area contributed by atoms with Crippen LogP contribution < -0.4 is 16.1 Å². The summed E-state index contributed by atoms with van der Waals surface area (Å²) >= 11 is 0. The maximum atomic E-state index is 13.5. The van der Waals surface area contributed by atoms with E-state index in [9.17, 15) is 33.9 Å². The second-order valence-electron chi connectivity index (χ2n) is 19.6. The summed E-state index contributed by atoms with van der Waals surface area (Å²) in [5.41, 5.74) is -0.922. The Balaban J connectivity index is 2.20. The Morgan fingerprint density at radius 2 is 1.16 bits per heavy atom. The smallest absolute Gasteiger partial charge is 0.410 e. The Morgan fingerprint density at radius 1 is 0.694 bits per heavy atom. The number of hydrogen-bond donors (Lipinski definition) is 5. The first-order chi connectivity index (χ1) is 28.6. The average Bonchev–Trinajstić information content (AvgIpc) is 3.57. The molecule has 0 unspecified atom stereocenters. The second-order valence-corrected chi connectivity index (χ2v) is 19.6. The minimum atomic E-state index is -1.78. The fourth-order valence-electron chi connectivity index (χ4n) is 6.12. The van der Waals surface area contributed by atoms with Gasteiger partial charge in [0.25, 0.3) is 5.91 Å². The fourth-order valence-corrected chi connectivity index (χ4v) is 6.12. The molecule has 21 heteroatoms. The molecule has 1 aliphatic rings. The molecule has 0 spiro atoms. The van der Waals surface area contributed by atoms with Crippen LogP contribution in [0.4, 0.5) is 14.4 Å². The molecule has 5 N–H and O–H groups in total. The van der Waals surface area contributed by atoms with Crippen LogP contribution >= 0.6 is 0 Å². The van der Waals surface area contributed by atoms with E-state index in [1.807, 2.05) is 6.20 Å². The highest BCUT2D eigenvalue weighted by molar-refractivity contribution is 5.91. The first-order valence-corrected chi connectivity index (χ1v) is 21.3. The first kappa shape index (κ1) is 53.4. The molecular formula is C41H74N10O11. The zero-order chi connectivity index (χ0) is 47.1. The Bertz CT molecular complexity index is 1630. The van der Waals surface area contributed by atoms with E-state index in [2.05, 4.69) is 25.8 Å². The highest BCUT2D eigenvalue weighted by Gasteiger charge is 2.34. The van der Waals surface area contributed by atoms with Gasteiger partial charge in [-0.15, -0.1) is 5.10 Å². The molecule has 2 heterocycles. The SMILES string of the molecule is CC(C)(C)OC(=O)N1CCCN(C(=O)OC(C)(C)C)CCN(C(=O)OC(C)(C)C)CCCN(Cc2cn(CCCNC(=O)[C@@H](NC(=O)C[C@H](O)C(=O)NO)C(C)(C)C)nn2)CC1. The third kappa shape index (κ3) is 20.9. The van der Waals surface area contributed by atoms with E-state index in [-0.39, 0.29) is 26.2 Å². The van der Waals surface area contributed by atoms with Gasteiger partial charge >= 0.3 is 18.3 Å². The summed E-state index contributed by atoms with van der Waals surface area (Å²) in [6, 6.07) is -0.972. The number of hydrogen-bond acceptors (Lipinski definition) is 14. The van der Waals surface area contributed by atoms with Crippen molar-refractivity contribution in [2.45, 2.75) is 151 Å². The topological polar surface area (TPSA) is 250 Å². The van der Waals surface area contributed by atoms with Crippen molar-refractivity contribution in [2.24, 2.45) is 5.41 Å². The van der Waals surface area contributed by atoms with Gasteiger partial charge in [0, 0.05) is 78.2 Å². The number of aliphatic hydroxyl groups excluding tert-OH is 1. The van der Waals surface area contributed by atoms with Crippen molar-refractivity contribution >= 4 is 36.0 Å². The Hall–Kier alpha value is -4.76. The zero-order valence-corrected chi connectivity index (χ0v) is 39.0. The number of aliphatic hydroxyl groups is 1. The molecule has 1 aromatic rings. The van der Waals surface area contributed by atoms with E-state index in [1.54, 1.807) is 102 Å². The molecule has 2 atom stereocenters. The van der Waals surface area contributed by atoms with Gasteiger partial charge in [-0.3, -0.25) is 29.2 Å². The predicted molar refractivity (Wildman–Crippen MR) is 228 cm³/mol. The molecule has 1 aliphatic heterocycles. The number of amides is 6. The predicted octanol–water partition coefficient (Wildman–Crippen LogP) is 2.88. The third-order valence-electron chi connectivity index (χ3n) is 9.10. The quantitative estimate of drug-likeness (QED) is 0.0929. The number of carbonyl (C=O) groups is 6. The summed E-state index contributed by atoms with van der Waals surface area (Å²) in [6.07, 6.45) is -0.618. The number of nitrogens with one attached hydrogen (secondary N) is 3. The molecule has 1 saturated heterocycles. The molecule has 0 saturated carbocycles. The monoisotopic (exact) mass is 883 g/mol. The Labute approximate surface area is 366 Å². The van der Waals surface area contributed by atoms with Crippen LogP contribution in [-0.4, -0.2) is 169 Å². The number of nitrogens with zero attached hydrogens (tertiary/aromatic N) is 7. The van der Waals surface area contributed by atoms with Crippen molar-refractivity contribution in [1.82, 2.24) is 50.7 Å². The van der Waals surface area contributed by atoms with Gasteiger partial charge in [0.05, 0.1) is 12.1 Å². The minimum absolute atomic E-state index is 0.198. The first-order valence-electron chi connectivity index (χ1n) is 21.3. The van der Waals surface area contributed by atoms with Gasteiger partial charge in [0.15, 0.2) is 0 Å². The van der Waals surface area contributed by atoms with Crippen molar-refractivity contribution in [1.29, 1.82) is 0 Å². The molecule has 0 aromatic carbocycles. The number of hydroxylamine groups is 1. The van der Waals surface area contributed by atoms with Gasteiger partial charge in [-0.05, 0) is 87.0 Å². The second kappa shape index (κ2) is 23.6. The van der Waals surface area contributed by atoms with Gasteiger partial charge in [-0.1, -0.05) is 26.0 Å². The van der Waals surface area contributed by atoms with Crippen molar-refractivity contribution in [2.75, 3.05) is 58.9 Å². The lowest BCUT2D eigenvalue weighted by atomic mass is 9.86. The summed E-state index contributed by atoms with van der Waals surface area (Å²) in [5.74, 6) is -2.32. The number of aromatic nitrogens is 3. The summed E-state index contributed by atoms with van der Waals surface area (Å²) in [4.78, 5) is 84.1. The highest BCUT2D eigenvalue weighted by Crippen LogP contribution is 2.20. The molecule has 0 radical (unpaired) electrons. The standard InChI is InChI=1S/C41H74N10O11/c1-38(2,3)32(43-31(53)26-30(52)33(54)45-59)34(55)42-16-13-21-51-28-29(44-46-51)27-47-17-14-18-49(36(57)61-40(7,8)9)24-25-50(37(58)62-41(10,11)12)20-15-19-48(23-22-47)35(56)60-39(4,5)6/h28,30,32,52,59H,13-27H2,1-12H3,(H,42,55)(H,43,53)(H,45,54)/t30-,32+/m0/s1. The van der Waals surface area contributed by atoms with Crippen LogP contribution in [0.5, 0.6) is 0 Å². The van der Waals surface area contributed by atoms with E-state index in [0.717, 1.165) is 0 Å². The molecule has 1 aromatic heterocycles. The molecule has 62 heavy (non-hydrogen) atoms. The average molecular weight is 883 g/mol. The lowest BCUT2D eigenvalue weighted by molar-refractivity contribution is -0.142. The van der Waals surface area contributed by atoms with Gasteiger partial charge in [0.2, 0.25) is 11.8 Å². The van der Waals surface area contributed by atoms with Gasteiger partial charge < -0.3 is 44.7 Å². The largest absolute Gasteiger partial charge is 0.444 e. The van der Waals surface area contributed by atoms with Crippen LogP contribution in [0.3, 0.4) is 0 Å². The number of carbonyl (C=O) groups excluding carboxylic acids is 6. The van der Waals surface area contributed by atoms with E-state index in [1.165, 1.54) is 5.48 Å². The normalized spacial score (nSPS) is 16.6. The maximum Gasteiger partial charge on any atom is 0.410 e. The minimum Gasteiger partial charge on any atom is -0.444 e. The molecule has 1 fully saturated rings. The summed E-state index contributed by atoms with van der Waals surface area (Å²) < 4.78 is 18.9. The summed E-state index contributed by atoms with van der Waals surface area (Å²) in [5, 5.41) is 32.5. The van der Waals surface area contributed by atoms with E-state index < -0.39 is 76.8 Å². The van der Waals surface area contributed by atoms with Gasteiger partial charge in [0.1, 0.15) is 28.9 Å². The molecule has 354 valence electrons. The van der Waals surface area contributed by atoms with Gasteiger partial charge in [-0.25, -0.2) is 19.9 Å². The van der Waals surface area contributed by atoms with Crippen LogP contribution in [-0.2, 0) is 41.7 Å². The Kier molecular flexibility index (Phi) is 20.3. The van der Waals surface area contributed by atoms with Crippen molar-refractivity contribution in [3.63, 3.8) is 0 Å².